The highest BCUT2D eigenvalue weighted by Crippen LogP contribution is 2.26. The molecule has 0 atom stereocenters. The number of nitrogens with zero attached hydrogens (tertiary/aromatic N) is 1. The molecule has 2 heterocycles. The monoisotopic (exact) mass is 321 g/mol. The van der Waals surface area contributed by atoms with Crippen molar-refractivity contribution in [3.8, 4) is 0 Å². The molecule has 0 aliphatic heterocycles. The number of aliphatic imine (C=N–C) groups is 1. The maximum absolute atomic E-state index is 4.65. The first-order valence-electron chi connectivity index (χ1n) is 7.20. The summed E-state index contributed by atoms with van der Waals surface area (Å²) < 4.78 is 0. The molecule has 2 aromatic heterocycles. The largest absolute Gasteiger partial charge is 0.357 e. The molecule has 2 rings (SSSR count). The van der Waals surface area contributed by atoms with Gasteiger partial charge in [0.15, 0.2) is 5.96 Å². The van der Waals surface area contributed by atoms with E-state index in [1.54, 1.807) is 11.3 Å². The molecule has 0 radical (unpaired) electrons. The van der Waals surface area contributed by atoms with Gasteiger partial charge >= 0.3 is 0 Å². The van der Waals surface area contributed by atoms with Crippen molar-refractivity contribution in [2.75, 3.05) is 13.1 Å². The Labute approximate surface area is 135 Å². The molecule has 0 aliphatic rings. The Hall–Kier alpha value is -1.33. The molecule has 2 N–H and O–H groups in total. The van der Waals surface area contributed by atoms with E-state index in [4.69, 9.17) is 0 Å². The maximum atomic E-state index is 4.65. The van der Waals surface area contributed by atoms with Crippen LogP contribution in [-0.4, -0.2) is 19.0 Å². The van der Waals surface area contributed by atoms with E-state index in [-0.39, 0.29) is 5.41 Å². The summed E-state index contributed by atoms with van der Waals surface area (Å²) in [6, 6.07) is 8.49. The molecule has 0 saturated heterocycles. The Bertz CT molecular complexity index is 542. The summed E-state index contributed by atoms with van der Waals surface area (Å²) >= 11 is 3.55. The predicted octanol–water partition coefficient (Wildman–Crippen LogP) is 3.84. The van der Waals surface area contributed by atoms with Gasteiger partial charge in [0.05, 0.1) is 6.54 Å². The second kappa shape index (κ2) is 7.61. The van der Waals surface area contributed by atoms with Crippen LogP contribution < -0.4 is 10.6 Å². The molecule has 0 aliphatic carbocycles. The first-order chi connectivity index (χ1) is 10.1. The van der Waals surface area contributed by atoms with Crippen molar-refractivity contribution in [1.82, 2.24) is 10.6 Å². The van der Waals surface area contributed by atoms with Crippen LogP contribution in [-0.2, 0) is 12.0 Å². The highest BCUT2D eigenvalue weighted by molar-refractivity contribution is 7.10. The van der Waals surface area contributed by atoms with Gasteiger partial charge in [-0.05, 0) is 29.8 Å². The topological polar surface area (TPSA) is 36.4 Å². The van der Waals surface area contributed by atoms with E-state index in [9.17, 15) is 0 Å². The van der Waals surface area contributed by atoms with Gasteiger partial charge in [0.2, 0.25) is 0 Å². The summed E-state index contributed by atoms with van der Waals surface area (Å²) in [4.78, 5) is 7.32. The van der Waals surface area contributed by atoms with Crippen LogP contribution in [0.5, 0.6) is 0 Å². The molecular weight excluding hydrogens is 298 g/mol. The maximum Gasteiger partial charge on any atom is 0.191 e. The third-order valence-electron chi connectivity index (χ3n) is 3.20. The van der Waals surface area contributed by atoms with Crippen molar-refractivity contribution in [2.24, 2.45) is 4.99 Å². The van der Waals surface area contributed by atoms with Gasteiger partial charge in [0, 0.05) is 28.3 Å². The Morgan fingerprint density at radius 2 is 1.90 bits per heavy atom. The average Bonchev–Trinajstić information content (AvgIpc) is 3.14. The Morgan fingerprint density at radius 3 is 2.52 bits per heavy atom. The van der Waals surface area contributed by atoms with Crippen LogP contribution in [0, 0.1) is 0 Å². The van der Waals surface area contributed by atoms with Gasteiger partial charge in [-0.15, -0.1) is 22.7 Å². The summed E-state index contributed by atoms with van der Waals surface area (Å²) in [6.07, 6.45) is 0. The minimum Gasteiger partial charge on any atom is -0.357 e. The molecular formula is C16H23N3S2. The standard InChI is InChI=1S/C16H23N3S2/c1-4-17-15(18-11-13-7-5-9-20-13)19-12-16(2,3)14-8-6-10-21-14/h5-10H,4,11-12H2,1-3H3,(H2,17,18,19). The van der Waals surface area contributed by atoms with Gasteiger partial charge < -0.3 is 10.6 Å². The van der Waals surface area contributed by atoms with Gasteiger partial charge in [0.1, 0.15) is 0 Å². The number of guanidine groups is 1. The van der Waals surface area contributed by atoms with Crippen LogP contribution in [0.1, 0.15) is 30.5 Å². The normalized spacial score (nSPS) is 12.4. The van der Waals surface area contributed by atoms with Crippen LogP contribution in [0.4, 0.5) is 0 Å². The third-order valence-corrected chi connectivity index (χ3v) is 5.30. The van der Waals surface area contributed by atoms with Crippen molar-refractivity contribution in [1.29, 1.82) is 0 Å². The highest BCUT2D eigenvalue weighted by Gasteiger charge is 2.21. The molecule has 2 aromatic rings. The quantitative estimate of drug-likeness (QED) is 0.626. The van der Waals surface area contributed by atoms with Gasteiger partial charge in [-0.25, -0.2) is 4.99 Å². The van der Waals surface area contributed by atoms with Gasteiger partial charge in [-0.1, -0.05) is 26.0 Å². The lowest BCUT2D eigenvalue weighted by molar-refractivity contribution is 0.518. The van der Waals surface area contributed by atoms with Crippen molar-refractivity contribution in [3.05, 3.63) is 44.8 Å². The fourth-order valence-electron chi connectivity index (χ4n) is 1.96. The molecule has 0 aromatic carbocycles. The predicted molar refractivity (Wildman–Crippen MR) is 94.5 cm³/mol. The second-order valence-corrected chi connectivity index (χ2v) is 7.47. The van der Waals surface area contributed by atoms with Crippen LogP contribution in [0.25, 0.3) is 0 Å². The van der Waals surface area contributed by atoms with E-state index < -0.39 is 0 Å². The molecule has 114 valence electrons. The third kappa shape index (κ3) is 4.86. The fourth-order valence-corrected chi connectivity index (χ4v) is 3.44. The van der Waals surface area contributed by atoms with Crippen molar-refractivity contribution >= 4 is 28.6 Å². The first-order valence-corrected chi connectivity index (χ1v) is 8.96. The minimum absolute atomic E-state index is 0.104. The summed E-state index contributed by atoms with van der Waals surface area (Å²) in [7, 11) is 0. The minimum atomic E-state index is 0.104. The van der Waals surface area contributed by atoms with Crippen molar-refractivity contribution in [2.45, 2.75) is 32.7 Å². The van der Waals surface area contributed by atoms with Crippen LogP contribution >= 0.6 is 22.7 Å². The number of hydrogen-bond acceptors (Lipinski definition) is 3. The molecule has 0 spiro atoms. The van der Waals surface area contributed by atoms with Crippen LogP contribution in [0.3, 0.4) is 0 Å². The zero-order chi connectivity index (χ0) is 15.1. The molecule has 0 unspecified atom stereocenters. The Balaban J connectivity index is 1.95. The van der Waals surface area contributed by atoms with E-state index in [1.807, 2.05) is 11.3 Å². The SMILES string of the molecule is CCNC(=NCc1cccs1)NCC(C)(C)c1cccs1. The van der Waals surface area contributed by atoms with E-state index >= 15 is 0 Å². The first kappa shape index (κ1) is 16.0. The highest BCUT2D eigenvalue weighted by atomic mass is 32.1. The van der Waals surface area contributed by atoms with Gasteiger partial charge in [-0.3, -0.25) is 0 Å². The molecule has 3 nitrogen and oxygen atoms in total. The van der Waals surface area contributed by atoms with E-state index in [0.717, 1.165) is 25.6 Å². The summed E-state index contributed by atoms with van der Waals surface area (Å²) in [5.74, 6) is 0.885. The van der Waals surface area contributed by atoms with E-state index in [0.29, 0.717) is 0 Å². The lowest BCUT2D eigenvalue weighted by Gasteiger charge is -2.25. The lowest BCUT2D eigenvalue weighted by Crippen LogP contribution is -2.43. The van der Waals surface area contributed by atoms with E-state index in [1.165, 1.54) is 9.75 Å². The zero-order valence-corrected chi connectivity index (χ0v) is 14.5. The number of rotatable bonds is 6. The van der Waals surface area contributed by atoms with Crippen molar-refractivity contribution < 1.29 is 0 Å². The molecule has 0 saturated carbocycles. The van der Waals surface area contributed by atoms with Crippen LogP contribution in [0.15, 0.2) is 40.0 Å². The number of hydrogen-bond donors (Lipinski definition) is 2. The van der Waals surface area contributed by atoms with E-state index in [2.05, 4.69) is 71.4 Å². The molecule has 21 heavy (non-hydrogen) atoms. The zero-order valence-electron chi connectivity index (χ0n) is 12.8. The Kier molecular flexibility index (Phi) is 5.82. The van der Waals surface area contributed by atoms with Gasteiger partial charge in [0.25, 0.3) is 0 Å². The second-order valence-electron chi connectivity index (χ2n) is 5.49. The fraction of sp³-hybridized carbons (Fsp3) is 0.438. The molecule has 0 fully saturated rings. The lowest BCUT2D eigenvalue weighted by atomic mass is 9.91. The number of nitrogens with one attached hydrogen (secondary N) is 2. The average molecular weight is 322 g/mol. The summed E-state index contributed by atoms with van der Waals surface area (Å²) in [5.41, 5.74) is 0.104. The summed E-state index contributed by atoms with van der Waals surface area (Å²) in [6.45, 7) is 9.07. The number of thiophene rings is 2. The van der Waals surface area contributed by atoms with Crippen LogP contribution in [0.2, 0.25) is 0 Å². The van der Waals surface area contributed by atoms with Crippen molar-refractivity contribution in [3.63, 3.8) is 0 Å². The van der Waals surface area contributed by atoms with Gasteiger partial charge in [-0.2, -0.15) is 0 Å². The summed E-state index contributed by atoms with van der Waals surface area (Å²) in [5, 5.41) is 11.0. The molecule has 5 heteroatoms. The Morgan fingerprint density at radius 1 is 1.14 bits per heavy atom. The molecule has 0 bridgehead atoms. The molecule has 0 amide bonds. The smallest absolute Gasteiger partial charge is 0.191 e.